The lowest BCUT2D eigenvalue weighted by molar-refractivity contribution is -0.131. The Labute approximate surface area is 206 Å². The topological polar surface area (TPSA) is 104 Å². The number of anilines is 1. The van der Waals surface area contributed by atoms with Crippen molar-refractivity contribution >= 4 is 45.7 Å². The number of aromatic nitrogens is 2. The van der Waals surface area contributed by atoms with Crippen molar-refractivity contribution in [3.8, 4) is 0 Å². The van der Waals surface area contributed by atoms with Crippen molar-refractivity contribution in [2.24, 2.45) is 11.7 Å². The molecule has 34 heavy (non-hydrogen) atoms. The van der Waals surface area contributed by atoms with Gasteiger partial charge in [-0.15, -0.1) is 0 Å². The van der Waals surface area contributed by atoms with E-state index in [1.54, 1.807) is 11.0 Å². The van der Waals surface area contributed by atoms with Crippen LogP contribution in [0.25, 0.3) is 10.9 Å². The standard InChI is InChI=1S/C24H26Cl2FN5O2/c1-11(2)22(28)23-30-18-9-19(17(27)8-15(18)24(34)31-23)29-10-20(33)32-5-4-13-6-14(25)7-16(26)21(13)12(32)3/h6-9,11-12,22,29H,4-5,10,28H2,1-3H3,(H,30,31,34)/t12?,22-/m1/s1. The Hall–Kier alpha value is -2.68. The quantitative estimate of drug-likeness (QED) is 0.470. The lowest BCUT2D eigenvalue weighted by Gasteiger charge is -2.36. The number of hydrogen-bond acceptors (Lipinski definition) is 5. The van der Waals surface area contributed by atoms with Gasteiger partial charge in [-0.3, -0.25) is 9.59 Å². The van der Waals surface area contributed by atoms with Crippen LogP contribution < -0.4 is 16.6 Å². The average Bonchev–Trinajstić information content (AvgIpc) is 2.77. The molecule has 0 radical (unpaired) electrons. The van der Waals surface area contributed by atoms with Crippen LogP contribution in [0.3, 0.4) is 0 Å². The zero-order chi connectivity index (χ0) is 24.7. The van der Waals surface area contributed by atoms with E-state index < -0.39 is 17.4 Å². The van der Waals surface area contributed by atoms with Crippen molar-refractivity contribution in [1.29, 1.82) is 0 Å². The van der Waals surface area contributed by atoms with E-state index >= 15 is 0 Å². The van der Waals surface area contributed by atoms with Crippen molar-refractivity contribution in [2.75, 3.05) is 18.4 Å². The molecule has 3 aromatic rings. The zero-order valence-electron chi connectivity index (χ0n) is 19.1. The van der Waals surface area contributed by atoms with Gasteiger partial charge < -0.3 is 20.9 Å². The van der Waals surface area contributed by atoms with Crippen molar-refractivity contribution in [3.63, 3.8) is 0 Å². The summed E-state index contributed by atoms with van der Waals surface area (Å²) in [6.45, 7) is 6.11. The Bertz CT molecular complexity index is 1330. The summed E-state index contributed by atoms with van der Waals surface area (Å²) in [5.74, 6) is -0.468. The largest absolute Gasteiger partial charge is 0.374 e. The smallest absolute Gasteiger partial charge is 0.258 e. The van der Waals surface area contributed by atoms with Gasteiger partial charge in [0.25, 0.3) is 5.56 Å². The number of benzene rings is 2. The number of carbonyl (C=O) groups excluding carboxylic acids is 1. The van der Waals surface area contributed by atoms with Gasteiger partial charge >= 0.3 is 0 Å². The van der Waals surface area contributed by atoms with Gasteiger partial charge in [-0.25, -0.2) is 9.37 Å². The minimum absolute atomic E-state index is 0.0532. The van der Waals surface area contributed by atoms with Gasteiger partial charge in [-0.05, 0) is 54.7 Å². The molecule has 0 bridgehead atoms. The molecule has 0 saturated heterocycles. The summed E-state index contributed by atoms with van der Waals surface area (Å²) >= 11 is 12.5. The van der Waals surface area contributed by atoms with Crippen molar-refractivity contribution in [1.82, 2.24) is 14.9 Å². The fourth-order valence-electron chi connectivity index (χ4n) is 4.30. The number of halogens is 3. The number of hydrogen-bond donors (Lipinski definition) is 3. The van der Waals surface area contributed by atoms with E-state index in [0.29, 0.717) is 34.4 Å². The van der Waals surface area contributed by atoms with E-state index in [2.05, 4.69) is 15.3 Å². The minimum atomic E-state index is -0.650. The van der Waals surface area contributed by atoms with Crippen LogP contribution in [0.2, 0.25) is 10.0 Å². The predicted octanol–water partition coefficient (Wildman–Crippen LogP) is 4.58. The van der Waals surface area contributed by atoms with Gasteiger partial charge in [0, 0.05) is 16.6 Å². The normalized spacial score (nSPS) is 16.6. The first kappa shape index (κ1) is 24.4. The molecule has 0 fully saturated rings. The van der Waals surface area contributed by atoms with Gasteiger partial charge in [-0.1, -0.05) is 37.0 Å². The number of rotatable bonds is 5. The highest BCUT2D eigenvalue weighted by Crippen LogP contribution is 2.37. The molecule has 1 aliphatic rings. The van der Waals surface area contributed by atoms with Gasteiger partial charge in [-0.2, -0.15) is 0 Å². The van der Waals surface area contributed by atoms with E-state index in [-0.39, 0.29) is 35.5 Å². The first-order valence-electron chi connectivity index (χ1n) is 11.1. The summed E-state index contributed by atoms with van der Waals surface area (Å²) in [6.07, 6.45) is 0.627. The lowest BCUT2D eigenvalue weighted by atomic mass is 9.93. The molecule has 0 aliphatic carbocycles. The molecule has 2 atom stereocenters. The van der Waals surface area contributed by atoms with Crippen LogP contribution in [0.1, 0.15) is 49.8 Å². The second-order valence-electron chi connectivity index (χ2n) is 8.90. The summed E-state index contributed by atoms with van der Waals surface area (Å²) in [5, 5.41) is 4.06. The second kappa shape index (κ2) is 9.52. The number of amides is 1. The van der Waals surface area contributed by atoms with E-state index in [4.69, 9.17) is 28.9 Å². The maximum atomic E-state index is 14.7. The third-order valence-corrected chi connectivity index (χ3v) is 6.82. The molecule has 4 N–H and O–H groups in total. The maximum Gasteiger partial charge on any atom is 0.258 e. The maximum absolute atomic E-state index is 14.7. The van der Waals surface area contributed by atoms with Crippen molar-refractivity contribution in [2.45, 2.75) is 39.3 Å². The SMILES string of the molecule is CC(C)[C@@H](N)c1nc2cc(NCC(=O)N3CCc4cc(Cl)cc(Cl)c4C3C)c(F)cc2c(=O)[nH]1. The van der Waals surface area contributed by atoms with E-state index in [0.717, 1.165) is 17.2 Å². The first-order chi connectivity index (χ1) is 16.1. The third-order valence-electron chi connectivity index (χ3n) is 6.28. The van der Waals surface area contributed by atoms with Crippen LogP contribution in [-0.2, 0) is 11.2 Å². The number of nitrogens with two attached hydrogens (primary N) is 1. The summed E-state index contributed by atoms with van der Waals surface area (Å²) < 4.78 is 14.7. The van der Waals surface area contributed by atoms with Crippen LogP contribution in [-0.4, -0.2) is 33.9 Å². The van der Waals surface area contributed by atoms with Crippen LogP contribution in [0.15, 0.2) is 29.1 Å². The monoisotopic (exact) mass is 505 g/mol. The molecule has 2 aromatic carbocycles. The van der Waals surface area contributed by atoms with Crippen LogP contribution >= 0.6 is 23.2 Å². The molecule has 1 unspecified atom stereocenters. The summed E-state index contributed by atoms with van der Waals surface area (Å²) in [4.78, 5) is 34.2. The second-order valence-corrected chi connectivity index (χ2v) is 9.74. The van der Waals surface area contributed by atoms with Gasteiger partial charge in [0.1, 0.15) is 11.6 Å². The van der Waals surface area contributed by atoms with Crippen LogP contribution in [0.4, 0.5) is 10.1 Å². The summed E-state index contributed by atoms with van der Waals surface area (Å²) in [7, 11) is 0. The van der Waals surface area contributed by atoms with E-state index in [9.17, 15) is 14.0 Å². The van der Waals surface area contributed by atoms with Crippen molar-refractivity contribution in [3.05, 3.63) is 67.4 Å². The average molecular weight is 506 g/mol. The number of aromatic amines is 1. The number of nitrogens with zero attached hydrogens (tertiary/aromatic N) is 2. The summed E-state index contributed by atoms with van der Waals surface area (Å²) in [6, 6.07) is 5.37. The highest BCUT2D eigenvalue weighted by atomic mass is 35.5. The zero-order valence-corrected chi connectivity index (χ0v) is 20.6. The molecule has 2 heterocycles. The Balaban J connectivity index is 1.55. The highest BCUT2D eigenvalue weighted by Gasteiger charge is 2.29. The fraction of sp³-hybridized carbons (Fsp3) is 0.375. The van der Waals surface area contributed by atoms with Gasteiger partial charge in [0.05, 0.1) is 35.2 Å². The molecule has 1 amide bonds. The number of carbonyl (C=O) groups is 1. The lowest BCUT2D eigenvalue weighted by Crippen LogP contribution is -2.42. The Morgan fingerprint density at radius 2 is 2.06 bits per heavy atom. The Morgan fingerprint density at radius 3 is 2.76 bits per heavy atom. The van der Waals surface area contributed by atoms with E-state index in [1.807, 2.05) is 26.8 Å². The minimum Gasteiger partial charge on any atom is -0.374 e. The summed E-state index contributed by atoms with van der Waals surface area (Å²) in [5.41, 5.74) is 7.94. The number of fused-ring (bicyclic) bond motifs is 2. The number of H-pyrrole nitrogens is 1. The van der Waals surface area contributed by atoms with Gasteiger partial charge in [0.2, 0.25) is 5.91 Å². The van der Waals surface area contributed by atoms with Crippen LogP contribution in [0.5, 0.6) is 0 Å². The fourth-order valence-corrected chi connectivity index (χ4v) is 5.00. The molecular formula is C24H26Cl2FN5O2. The molecule has 0 spiro atoms. The Morgan fingerprint density at radius 1 is 1.32 bits per heavy atom. The molecule has 1 aromatic heterocycles. The van der Waals surface area contributed by atoms with E-state index in [1.165, 1.54) is 6.07 Å². The molecule has 4 rings (SSSR count). The molecule has 10 heteroatoms. The Kier molecular flexibility index (Phi) is 6.85. The number of nitrogens with one attached hydrogen (secondary N) is 2. The van der Waals surface area contributed by atoms with Gasteiger partial charge in [0.15, 0.2) is 0 Å². The molecule has 1 aliphatic heterocycles. The molecule has 180 valence electrons. The van der Waals surface area contributed by atoms with Crippen LogP contribution in [0, 0.1) is 11.7 Å². The molecule has 7 nitrogen and oxygen atoms in total. The van der Waals surface area contributed by atoms with Crippen molar-refractivity contribution < 1.29 is 9.18 Å². The molecule has 0 saturated carbocycles. The molecular weight excluding hydrogens is 480 g/mol. The predicted molar refractivity (Wildman–Crippen MR) is 133 cm³/mol. The first-order valence-corrected chi connectivity index (χ1v) is 11.8. The highest BCUT2D eigenvalue weighted by molar-refractivity contribution is 6.35. The third kappa shape index (κ3) is 4.62.